The summed E-state index contributed by atoms with van der Waals surface area (Å²) in [5.41, 5.74) is 7.02. The third kappa shape index (κ3) is 4.82. The lowest BCUT2D eigenvalue weighted by Gasteiger charge is -2.14. The first-order chi connectivity index (χ1) is 16.4. The first-order valence-electron chi connectivity index (χ1n) is 10.2. The molecule has 0 spiro atoms. The van der Waals surface area contributed by atoms with Gasteiger partial charge in [0, 0.05) is 27.9 Å². The Balaban J connectivity index is 1.72. The number of anilines is 1. The van der Waals surface area contributed by atoms with Crippen LogP contribution in [0.4, 0.5) is 14.5 Å². The summed E-state index contributed by atoms with van der Waals surface area (Å²) in [6, 6.07) is 19.8. The van der Waals surface area contributed by atoms with Crippen molar-refractivity contribution in [1.82, 2.24) is 4.98 Å². The van der Waals surface area contributed by atoms with E-state index in [9.17, 15) is 18.4 Å². The van der Waals surface area contributed by atoms with Crippen LogP contribution in [0.5, 0.6) is 0 Å². The number of primary amides is 1. The van der Waals surface area contributed by atoms with Crippen LogP contribution in [0.25, 0.3) is 22.4 Å². The van der Waals surface area contributed by atoms with Crippen molar-refractivity contribution in [3.63, 3.8) is 0 Å². The van der Waals surface area contributed by atoms with Crippen LogP contribution in [0.3, 0.4) is 0 Å². The first kappa shape index (κ1) is 23.1. The molecule has 0 aliphatic rings. The molecular formula is C26H19F2N3O2S. The van der Waals surface area contributed by atoms with Crippen molar-refractivity contribution < 1.29 is 18.4 Å². The maximum absolute atomic E-state index is 14.5. The van der Waals surface area contributed by atoms with Crippen molar-refractivity contribution in [1.29, 1.82) is 0 Å². The van der Waals surface area contributed by atoms with Gasteiger partial charge in [-0.05, 0) is 72.0 Å². The molecule has 4 aromatic rings. The summed E-state index contributed by atoms with van der Waals surface area (Å²) in [5, 5.41) is 2.84. The number of pyridine rings is 1. The number of rotatable bonds is 6. The molecule has 0 aliphatic carbocycles. The first-order valence-corrected chi connectivity index (χ1v) is 11.4. The van der Waals surface area contributed by atoms with Gasteiger partial charge in [0.15, 0.2) is 0 Å². The number of thioether (sulfide) groups is 1. The summed E-state index contributed by atoms with van der Waals surface area (Å²) in [5.74, 6) is -3.84. The summed E-state index contributed by atoms with van der Waals surface area (Å²) >= 11 is 1.42. The molecule has 8 heteroatoms. The molecule has 1 aromatic heterocycles. The maximum atomic E-state index is 14.5. The van der Waals surface area contributed by atoms with E-state index in [2.05, 4.69) is 10.3 Å². The Bertz CT molecular complexity index is 1370. The summed E-state index contributed by atoms with van der Waals surface area (Å²) in [6.45, 7) is 0. The van der Waals surface area contributed by atoms with Gasteiger partial charge < -0.3 is 11.1 Å². The third-order valence-electron chi connectivity index (χ3n) is 5.15. The van der Waals surface area contributed by atoms with E-state index in [0.717, 1.165) is 28.3 Å². The summed E-state index contributed by atoms with van der Waals surface area (Å²) in [4.78, 5) is 29.7. The smallest absolute Gasteiger partial charge is 0.256 e. The van der Waals surface area contributed by atoms with Gasteiger partial charge in [0.05, 0.1) is 5.69 Å². The molecule has 3 N–H and O–H groups in total. The standard InChI is InChI=1S/C26H19F2N3O2S/c1-34-18-8-9-19(20(14-18)16-12-21(27)24(25(29)32)22(28)13-16)26(33)31-17-6-4-5-15(11-17)23-7-2-3-10-30-23/h2-14H,1H3,(H2,29,32)(H,31,33). The van der Waals surface area contributed by atoms with E-state index in [-0.39, 0.29) is 11.1 Å². The van der Waals surface area contributed by atoms with Gasteiger partial charge in [0.2, 0.25) is 0 Å². The molecule has 5 nitrogen and oxygen atoms in total. The lowest BCUT2D eigenvalue weighted by molar-refractivity contribution is 0.0990. The van der Waals surface area contributed by atoms with Crippen molar-refractivity contribution in [2.24, 2.45) is 5.73 Å². The van der Waals surface area contributed by atoms with Gasteiger partial charge >= 0.3 is 0 Å². The quantitative estimate of drug-likeness (QED) is 0.347. The molecule has 0 bridgehead atoms. The average molecular weight is 476 g/mol. The third-order valence-corrected chi connectivity index (χ3v) is 5.88. The van der Waals surface area contributed by atoms with Crippen LogP contribution in [0, 0.1) is 11.6 Å². The van der Waals surface area contributed by atoms with Gasteiger partial charge in [0.25, 0.3) is 11.8 Å². The number of nitrogens with two attached hydrogens (primary N) is 1. The SMILES string of the molecule is CSc1ccc(C(=O)Nc2cccc(-c3ccccn3)c2)c(-c2cc(F)c(C(N)=O)c(F)c2)c1. The largest absolute Gasteiger partial charge is 0.365 e. The van der Waals surface area contributed by atoms with Crippen LogP contribution in [0.2, 0.25) is 0 Å². The number of amides is 2. The number of hydrogen-bond acceptors (Lipinski definition) is 4. The molecule has 0 radical (unpaired) electrons. The van der Waals surface area contributed by atoms with Gasteiger partial charge in [-0.15, -0.1) is 11.8 Å². The van der Waals surface area contributed by atoms with Crippen LogP contribution >= 0.6 is 11.8 Å². The second kappa shape index (κ2) is 9.84. The molecule has 3 aromatic carbocycles. The number of benzene rings is 3. The molecular weight excluding hydrogens is 456 g/mol. The van der Waals surface area contributed by atoms with E-state index < -0.39 is 29.0 Å². The monoisotopic (exact) mass is 475 g/mol. The molecule has 0 saturated carbocycles. The average Bonchev–Trinajstić information content (AvgIpc) is 2.83. The topological polar surface area (TPSA) is 85.1 Å². The van der Waals surface area contributed by atoms with Crippen LogP contribution < -0.4 is 11.1 Å². The fourth-order valence-corrected chi connectivity index (χ4v) is 3.98. The number of carbonyl (C=O) groups excluding carboxylic acids is 2. The van der Waals surface area contributed by atoms with E-state index in [1.165, 1.54) is 11.8 Å². The highest BCUT2D eigenvalue weighted by atomic mass is 32.2. The Morgan fingerprint density at radius 2 is 1.68 bits per heavy atom. The Kier molecular flexibility index (Phi) is 6.70. The predicted molar refractivity (Wildman–Crippen MR) is 130 cm³/mol. The highest BCUT2D eigenvalue weighted by molar-refractivity contribution is 7.98. The lowest BCUT2D eigenvalue weighted by atomic mass is 9.97. The molecule has 4 rings (SSSR count). The minimum Gasteiger partial charge on any atom is -0.365 e. The van der Waals surface area contributed by atoms with E-state index in [1.54, 1.807) is 42.6 Å². The second-order valence-corrected chi connectivity index (χ2v) is 8.22. The molecule has 170 valence electrons. The van der Waals surface area contributed by atoms with Crippen molar-refractivity contribution in [2.45, 2.75) is 4.90 Å². The normalized spacial score (nSPS) is 10.7. The van der Waals surface area contributed by atoms with Gasteiger partial charge in [-0.1, -0.05) is 18.2 Å². The minimum absolute atomic E-state index is 0.114. The Hall–Kier alpha value is -4.04. The summed E-state index contributed by atoms with van der Waals surface area (Å²) in [7, 11) is 0. The van der Waals surface area contributed by atoms with Crippen LogP contribution in [0.1, 0.15) is 20.7 Å². The Labute approximate surface area is 199 Å². The maximum Gasteiger partial charge on any atom is 0.256 e. The molecule has 0 aliphatic heterocycles. The Morgan fingerprint density at radius 3 is 2.32 bits per heavy atom. The second-order valence-electron chi connectivity index (χ2n) is 7.34. The van der Waals surface area contributed by atoms with E-state index in [4.69, 9.17) is 5.73 Å². The van der Waals surface area contributed by atoms with Crippen molar-refractivity contribution in [3.05, 3.63) is 102 Å². The van der Waals surface area contributed by atoms with Gasteiger partial charge in [-0.2, -0.15) is 0 Å². The number of aromatic nitrogens is 1. The fraction of sp³-hybridized carbons (Fsp3) is 0.0385. The molecule has 2 amide bonds. The predicted octanol–water partition coefficient (Wildman–Crippen LogP) is 5.77. The number of nitrogens with zero attached hydrogens (tertiary/aromatic N) is 1. The van der Waals surface area contributed by atoms with Gasteiger partial charge in [0.1, 0.15) is 17.2 Å². The van der Waals surface area contributed by atoms with Crippen LogP contribution in [-0.4, -0.2) is 23.1 Å². The van der Waals surface area contributed by atoms with Crippen LogP contribution in [-0.2, 0) is 0 Å². The molecule has 0 unspecified atom stereocenters. The molecule has 34 heavy (non-hydrogen) atoms. The zero-order valence-corrected chi connectivity index (χ0v) is 18.8. The van der Waals surface area contributed by atoms with Gasteiger partial charge in [-0.25, -0.2) is 8.78 Å². The number of carbonyl (C=O) groups is 2. The summed E-state index contributed by atoms with van der Waals surface area (Å²) in [6.07, 6.45) is 3.53. The molecule has 0 saturated heterocycles. The number of halogens is 2. The van der Waals surface area contributed by atoms with E-state index >= 15 is 0 Å². The highest BCUT2D eigenvalue weighted by Crippen LogP contribution is 2.32. The molecule has 0 atom stereocenters. The van der Waals surface area contributed by atoms with E-state index in [1.807, 2.05) is 30.5 Å². The highest BCUT2D eigenvalue weighted by Gasteiger charge is 2.20. The number of hydrogen-bond donors (Lipinski definition) is 2. The Morgan fingerprint density at radius 1 is 0.912 bits per heavy atom. The zero-order chi connectivity index (χ0) is 24.2. The van der Waals surface area contributed by atoms with Crippen molar-refractivity contribution in [3.8, 4) is 22.4 Å². The summed E-state index contributed by atoms with van der Waals surface area (Å²) < 4.78 is 28.9. The molecule has 0 fully saturated rings. The lowest BCUT2D eigenvalue weighted by Crippen LogP contribution is -2.16. The van der Waals surface area contributed by atoms with Gasteiger partial charge in [-0.3, -0.25) is 14.6 Å². The molecule has 1 heterocycles. The fourth-order valence-electron chi connectivity index (χ4n) is 3.54. The van der Waals surface area contributed by atoms with Crippen LogP contribution in [0.15, 0.2) is 83.9 Å². The van der Waals surface area contributed by atoms with E-state index in [0.29, 0.717) is 11.3 Å². The number of nitrogens with one attached hydrogen (secondary N) is 1. The zero-order valence-electron chi connectivity index (χ0n) is 18.0. The van der Waals surface area contributed by atoms with Crippen molar-refractivity contribution >= 4 is 29.3 Å². The van der Waals surface area contributed by atoms with Crippen molar-refractivity contribution in [2.75, 3.05) is 11.6 Å². The minimum atomic E-state index is -1.20.